The molecular weight excluding hydrogens is 150 g/mol. The molecule has 0 aromatic heterocycles. The van der Waals surface area contributed by atoms with Crippen LogP contribution in [0.1, 0.15) is 13.8 Å². The number of likely N-dealkylation sites (tertiary alicyclic amines) is 1. The Bertz CT molecular complexity index is 188. The number of carbonyl (C=O) groups is 1. The number of Topliss-reactive ketones (excluding diaryl/α,β-unsaturated/α-hetero) is 1. The predicted octanol–water partition coefficient (Wildman–Crippen LogP) is 1.33. The molecule has 2 unspecified atom stereocenters. The molecule has 1 heterocycles. The second-order valence-electron chi connectivity index (χ2n) is 3.70. The third kappa shape index (κ3) is 1.95. The maximum atomic E-state index is 11.2. The lowest BCUT2D eigenvalue weighted by atomic mass is 9.95. The van der Waals surface area contributed by atoms with Gasteiger partial charge in [0.15, 0.2) is 0 Å². The molecule has 0 radical (unpaired) electrons. The molecule has 1 aliphatic heterocycles. The van der Waals surface area contributed by atoms with Crippen LogP contribution in [-0.2, 0) is 4.79 Å². The van der Waals surface area contributed by atoms with Crippen molar-refractivity contribution in [3.8, 4) is 0 Å². The van der Waals surface area contributed by atoms with Gasteiger partial charge >= 0.3 is 0 Å². The van der Waals surface area contributed by atoms with Crippen LogP contribution in [0.15, 0.2) is 12.7 Å². The molecule has 0 aromatic rings. The van der Waals surface area contributed by atoms with Crippen LogP contribution in [0.3, 0.4) is 0 Å². The van der Waals surface area contributed by atoms with Gasteiger partial charge in [0.25, 0.3) is 0 Å². The standard InChI is InChI=1S/C10H17NO/c1-4-5-11-6-8(2)10(7-11)9(3)12/h4,8,10H,1,5-7H2,2-3H3. The van der Waals surface area contributed by atoms with E-state index in [0.717, 1.165) is 19.6 Å². The van der Waals surface area contributed by atoms with Gasteiger partial charge in [0.05, 0.1) is 0 Å². The molecule has 0 spiro atoms. The molecule has 0 aliphatic carbocycles. The van der Waals surface area contributed by atoms with Crippen molar-refractivity contribution >= 4 is 5.78 Å². The van der Waals surface area contributed by atoms with E-state index >= 15 is 0 Å². The van der Waals surface area contributed by atoms with Crippen LogP contribution in [0.5, 0.6) is 0 Å². The molecule has 1 fully saturated rings. The first-order chi connectivity index (χ1) is 5.65. The van der Waals surface area contributed by atoms with E-state index in [4.69, 9.17) is 0 Å². The first-order valence-corrected chi connectivity index (χ1v) is 4.49. The van der Waals surface area contributed by atoms with Crippen molar-refractivity contribution in [1.82, 2.24) is 4.90 Å². The third-order valence-electron chi connectivity index (χ3n) is 2.60. The summed E-state index contributed by atoms with van der Waals surface area (Å²) in [4.78, 5) is 13.4. The molecule has 2 heteroatoms. The third-order valence-corrected chi connectivity index (χ3v) is 2.60. The maximum Gasteiger partial charge on any atom is 0.134 e. The minimum Gasteiger partial charge on any atom is -0.300 e. The van der Waals surface area contributed by atoms with Gasteiger partial charge in [0.2, 0.25) is 0 Å². The van der Waals surface area contributed by atoms with Gasteiger partial charge in [0.1, 0.15) is 5.78 Å². The van der Waals surface area contributed by atoms with E-state index < -0.39 is 0 Å². The molecule has 68 valence electrons. The highest BCUT2D eigenvalue weighted by Gasteiger charge is 2.31. The van der Waals surface area contributed by atoms with Crippen molar-refractivity contribution in [3.05, 3.63) is 12.7 Å². The van der Waals surface area contributed by atoms with E-state index in [9.17, 15) is 4.79 Å². The molecule has 0 saturated carbocycles. The minimum atomic E-state index is 0.255. The Labute approximate surface area is 74.2 Å². The Morgan fingerprint density at radius 3 is 2.75 bits per heavy atom. The van der Waals surface area contributed by atoms with Gasteiger partial charge in [-0.15, -0.1) is 6.58 Å². The van der Waals surface area contributed by atoms with Crippen LogP contribution in [0.2, 0.25) is 0 Å². The second kappa shape index (κ2) is 3.85. The zero-order chi connectivity index (χ0) is 9.14. The fourth-order valence-electron chi connectivity index (χ4n) is 1.93. The molecule has 12 heavy (non-hydrogen) atoms. The smallest absolute Gasteiger partial charge is 0.134 e. The Balaban J connectivity index is 2.49. The zero-order valence-electron chi connectivity index (χ0n) is 7.92. The first-order valence-electron chi connectivity index (χ1n) is 4.49. The SMILES string of the molecule is C=CCN1CC(C)C(C(C)=O)C1. The Kier molecular flexibility index (Phi) is 3.04. The fraction of sp³-hybridized carbons (Fsp3) is 0.700. The molecule has 1 rings (SSSR count). The van der Waals surface area contributed by atoms with Crippen LogP contribution >= 0.6 is 0 Å². The molecule has 1 aliphatic rings. The molecule has 0 amide bonds. The van der Waals surface area contributed by atoms with Crippen molar-refractivity contribution in [2.24, 2.45) is 11.8 Å². The Morgan fingerprint density at radius 2 is 2.33 bits per heavy atom. The summed E-state index contributed by atoms with van der Waals surface area (Å²) >= 11 is 0. The fourth-order valence-corrected chi connectivity index (χ4v) is 1.93. The van der Waals surface area contributed by atoms with E-state index in [-0.39, 0.29) is 5.92 Å². The summed E-state index contributed by atoms with van der Waals surface area (Å²) in [6.45, 7) is 10.4. The molecule has 0 bridgehead atoms. The van der Waals surface area contributed by atoms with Gasteiger partial charge < -0.3 is 0 Å². The molecule has 1 saturated heterocycles. The van der Waals surface area contributed by atoms with Crippen molar-refractivity contribution < 1.29 is 4.79 Å². The number of hydrogen-bond acceptors (Lipinski definition) is 2. The summed E-state index contributed by atoms with van der Waals surface area (Å²) in [6, 6.07) is 0. The van der Waals surface area contributed by atoms with E-state index in [2.05, 4.69) is 18.4 Å². The van der Waals surface area contributed by atoms with Crippen LogP contribution in [0, 0.1) is 11.8 Å². The normalized spacial score (nSPS) is 30.5. The first kappa shape index (κ1) is 9.46. The highest BCUT2D eigenvalue weighted by Crippen LogP contribution is 2.23. The molecule has 2 atom stereocenters. The Morgan fingerprint density at radius 1 is 1.67 bits per heavy atom. The predicted molar refractivity (Wildman–Crippen MR) is 50.0 cm³/mol. The van der Waals surface area contributed by atoms with E-state index in [1.807, 2.05) is 6.08 Å². The lowest BCUT2D eigenvalue weighted by Gasteiger charge is -2.11. The number of hydrogen-bond donors (Lipinski definition) is 0. The molecule has 0 aromatic carbocycles. The van der Waals surface area contributed by atoms with Crippen LogP contribution in [0.4, 0.5) is 0 Å². The van der Waals surface area contributed by atoms with E-state index in [1.165, 1.54) is 0 Å². The molecular formula is C10H17NO. The summed E-state index contributed by atoms with van der Waals surface area (Å²) < 4.78 is 0. The topological polar surface area (TPSA) is 20.3 Å². The largest absolute Gasteiger partial charge is 0.300 e. The minimum absolute atomic E-state index is 0.255. The van der Waals surface area contributed by atoms with Crippen LogP contribution in [0.25, 0.3) is 0 Å². The van der Waals surface area contributed by atoms with Crippen molar-refractivity contribution in [2.75, 3.05) is 19.6 Å². The summed E-state index contributed by atoms with van der Waals surface area (Å²) in [5, 5.41) is 0. The van der Waals surface area contributed by atoms with Crippen molar-refractivity contribution in [2.45, 2.75) is 13.8 Å². The Hall–Kier alpha value is -0.630. The monoisotopic (exact) mass is 167 g/mol. The highest BCUT2D eigenvalue weighted by atomic mass is 16.1. The summed E-state index contributed by atoms with van der Waals surface area (Å²) in [5.41, 5.74) is 0. The number of carbonyl (C=O) groups excluding carboxylic acids is 1. The van der Waals surface area contributed by atoms with Gasteiger partial charge in [0, 0.05) is 25.6 Å². The van der Waals surface area contributed by atoms with Crippen molar-refractivity contribution in [1.29, 1.82) is 0 Å². The average Bonchev–Trinajstić information content (AvgIpc) is 2.32. The number of nitrogens with zero attached hydrogens (tertiary/aromatic N) is 1. The van der Waals surface area contributed by atoms with Gasteiger partial charge in [-0.3, -0.25) is 9.69 Å². The van der Waals surface area contributed by atoms with Gasteiger partial charge in [-0.05, 0) is 12.8 Å². The number of ketones is 1. The van der Waals surface area contributed by atoms with Crippen LogP contribution < -0.4 is 0 Å². The zero-order valence-corrected chi connectivity index (χ0v) is 7.92. The maximum absolute atomic E-state index is 11.2. The van der Waals surface area contributed by atoms with E-state index in [0.29, 0.717) is 11.7 Å². The summed E-state index contributed by atoms with van der Waals surface area (Å²) in [7, 11) is 0. The van der Waals surface area contributed by atoms with Crippen LogP contribution in [-0.4, -0.2) is 30.3 Å². The lowest BCUT2D eigenvalue weighted by molar-refractivity contribution is -0.121. The van der Waals surface area contributed by atoms with Gasteiger partial charge in [-0.2, -0.15) is 0 Å². The van der Waals surface area contributed by atoms with E-state index in [1.54, 1.807) is 6.92 Å². The average molecular weight is 167 g/mol. The highest BCUT2D eigenvalue weighted by molar-refractivity contribution is 5.79. The lowest BCUT2D eigenvalue weighted by Crippen LogP contribution is -2.22. The van der Waals surface area contributed by atoms with Crippen molar-refractivity contribution in [3.63, 3.8) is 0 Å². The molecule has 2 nitrogen and oxygen atoms in total. The summed E-state index contributed by atoms with van der Waals surface area (Å²) in [6.07, 6.45) is 1.90. The quantitative estimate of drug-likeness (QED) is 0.591. The van der Waals surface area contributed by atoms with Gasteiger partial charge in [-0.25, -0.2) is 0 Å². The summed E-state index contributed by atoms with van der Waals surface area (Å²) in [5.74, 6) is 1.10. The number of rotatable bonds is 3. The second-order valence-corrected chi connectivity index (χ2v) is 3.70. The van der Waals surface area contributed by atoms with Gasteiger partial charge in [-0.1, -0.05) is 13.0 Å². The molecule has 0 N–H and O–H groups in total.